The molecule has 0 aliphatic carbocycles. The Morgan fingerprint density at radius 3 is 2.27 bits per heavy atom. The summed E-state index contributed by atoms with van der Waals surface area (Å²) >= 11 is 0. The largest absolute Gasteiger partial charge is 0.377 e. The van der Waals surface area contributed by atoms with Crippen molar-refractivity contribution in [3.8, 4) is 0 Å². The summed E-state index contributed by atoms with van der Waals surface area (Å²) in [5.74, 6) is 0.209. The molecule has 2 rings (SSSR count). The molecule has 62 valence electrons. The Bertz CT molecular complexity index is 165. The predicted molar refractivity (Wildman–Crippen MR) is 40.1 cm³/mol. The Kier molecular flexibility index (Phi) is 1.60. The van der Waals surface area contributed by atoms with Crippen molar-refractivity contribution in [1.29, 1.82) is 0 Å². The maximum atomic E-state index is 11.1. The lowest BCUT2D eigenvalue weighted by molar-refractivity contribution is -0.138. The fourth-order valence-corrected chi connectivity index (χ4v) is 2.14. The molecule has 1 amide bonds. The van der Waals surface area contributed by atoms with Crippen LogP contribution in [0.1, 0.15) is 19.8 Å². The smallest absolute Gasteiger partial charge is 0.220 e. The molecule has 0 aromatic rings. The van der Waals surface area contributed by atoms with Gasteiger partial charge in [-0.2, -0.15) is 0 Å². The summed E-state index contributed by atoms with van der Waals surface area (Å²) in [6, 6.07) is 0.762. The van der Waals surface area contributed by atoms with Crippen LogP contribution in [0, 0.1) is 0 Å². The quantitative estimate of drug-likeness (QED) is 0.506. The second-order valence-electron chi connectivity index (χ2n) is 3.35. The van der Waals surface area contributed by atoms with E-state index in [0.717, 1.165) is 26.1 Å². The summed E-state index contributed by atoms with van der Waals surface area (Å²) in [7, 11) is 0. The van der Waals surface area contributed by atoms with Gasteiger partial charge in [-0.05, 0) is 12.8 Å². The SMILES string of the molecule is CC(=O)N1C2CCC1COC2. The highest BCUT2D eigenvalue weighted by Crippen LogP contribution is 2.28. The summed E-state index contributed by atoms with van der Waals surface area (Å²) in [5, 5.41) is 0. The van der Waals surface area contributed by atoms with Crippen LogP contribution >= 0.6 is 0 Å². The first-order chi connectivity index (χ1) is 5.29. The van der Waals surface area contributed by atoms with Gasteiger partial charge in [0, 0.05) is 6.92 Å². The molecule has 2 bridgehead atoms. The average molecular weight is 155 g/mol. The predicted octanol–water partition coefficient (Wildman–Crippen LogP) is 0.396. The van der Waals surface area contributed by atoms with Crippen LogP contribution in [-0.4, -0.2) is 36.1 Å². The molecule has 2 aliphatic heterocycles. The van der Waals surface area contributed by atoms with E-state index in [-0.39, 0.29) is 5.91 Å². The number of carbonyl (C=O) groups is 1. The summed E-state index contributed by atoms with van der Waals surface area (Å²) in [5.41, 5.74) is 0. The van der Waals surface area contributed by atoms with Crippen molar-refractivity contribution >= 4 is 5.91 Å². The first-order valence-electron chi connectivity index (χ1n) is 4.15. The van der Waals surface area contributed by atoms with Gasteiger partial charge in [0.25, 0.3) is 0 Å². The number of fused-ring (bicyclic) bond motifs is 2. The second-order valence-corrected chi connectivity index (χ2v) is 3.35. The zero-order valence-electron chi connectivity index (χ0n) is 6.75. The van der Waals surface area contributed by atoms with Crippen molar-refractivity contribution < 1.29 is 9.53 Å². The van der Waals surface area contributed by atoms with Gasteiger partial charge in [0.05, 0.1) is 25.3 Å². The van der Waals surface area contributed by atoms with Gasteiger partial charge in [0.1, 0.15) is 0 Å². The number of ether oxygens (including phenoxy) is 1. The van der Waals surface area contributed by atoms with E-state index in [9.17, 15) is 4.79 Å². The van der Waals surface area contributed by atoms with E-state index in [1.165, 1.54) is 0 Å². The maximum Gasteiger partial charge on any atom is 0.220 e. The lowest BCUT2D eigenvalue weighted by Gasteiger charge is -2.33. The highest BCUT2D eigenvalue weighted by molar-refractivity contribution is 5.74. The molecule has 2 unspecified atom stereocenters. The number of hydrogen-bond donors (Lipinski definition) is 0. The molecule has 2 heterocycles. The zero-order chi connectivity index (χ0) is 7.84. The number of rotatable bonds is 0. The summed E-state index contributed by atoms with van der Waals surface area (Å²) in [6.07, 6.45) is 2.26. The summed E-state index contributed by atoms with van der Waals surface area (Å²) < 4.78 is 5.34. The Labute approximate surface area is 66.3 Å². The zero-order valence-corrected chi connectivity index (χ0v) is 6.75. The maximum absolute atomic E-state index is 11.1. The molecule has 2 fully saturated rings. The Hall–Kier alpha value is -0.570. The van der Waals surface area contributed by atoms with E-state index in [4.69, 9.17) is 4.74 Å². The van der Waals surface area contributed by atoms with E-state index >= 15 is 0 Å². The third-order valence-electron chi connectivity index (χ3n) is 2.60. The Morgan fingerprint density at radius 1 is 1.36 bits per heavy atom. The third-order valence-corrected chi connectivity index (χ3v) is 2.60. The fraction of sp³-hybridized carbons (Fsp3) is 0.875. The van der Waals surface area contributed by atoms with Gasteiger partial charge >= 0.3 is 0 Å². The molecule has 0 aromatic heterocycles. The number of morpholine rings is 1. The van der Waals surface area contributed by atoms with Crippen LogP contribution in [0.4, 0.5) is 0 Å². The Morgan fingerprint density at radius 2 is 1.91 bits per heavy atom. The van der Waals surface area contributed by atoms with E-state index in [0.29, 0.717) is 12.1 Å². The number of carbonyl (C=O) groups excluding carboxylic acids is 1. The minimum Gasteiger partial charge on any atom is -0.377 e. The molecular formula is C8H13NO2. The van der Waals surface area contributed by atoms with Crippen molar-refractivity contribution in [2.75, 3.05) is 13.2 Å². The minimum atomic E-state index is 0.209. The molecule has 2 atom stereocenters. The van der Waals surface area contributed by atoms with Gasteiger partial charge in [-0.25, -0.2) is 0 Å². The average Bonchev–Trinajstić information content (AvgIpc) is 2.23. The number of amides is 1. The highest BCUT2D eigenvalue weighted by Gasteiger charge is 2.38. The molecule has 0 aromatic carbocycles. The molecule has 2 aliphatic rings. The molecule has 0 spiro atoms. The van der Waals surface area contributed by atoms with Crippen LogP contribution < -0.4 is 0 Å². The van der Waals surface area contributed by atoms with Crippen molar-refractivity contribution in [3.05, 3.63) is 0 Å². The lowest BCUT2D eigenvalue weighted by atomic mass is 10.2. The highest BCUT2D eigenvalue weighted by atomic mass is 16.5. The molecule has 2 saturated heterocycles. The van der Waals surface area contributed by atoms with E-state index in [2.05, 4.69) is 0 Å². The minimum absolute atomic E-state index is 0.209. The van der Waals surface area contributed by atoms with Crippen molar-refractivity contribution in [2.45, 2.75) is 31.8 Å². The normalized spacial score (nSPS) is 35.9. The standard InChI is InChI=1S/C8H13NO2/c1-6(10)9-7-2-3-8(9)5-11-4-7/h7-8H,2-5H2,1H3. The van der Waals surface area contributed by atoms with Gasteiger partial charge in [-0.3, -0.25) is 4.79 Å². The van der Waals surface area contributed by atoms with Crippen LogP contribution in [0.2, 0.25) is 0 Å². The molecule has 3 heteroatoms. The van der Waals surface area contributed by atoms with Crippen molar-refractivity contribution in [2.24, 2.45) is 0 Å². The molecular weight excluding hydrogens is 142 g/mol. The van der Waals surface area contributed by atoms with Crippen molar-refractivity contribution in [1.82, 2.24) is 4.90 Å². The van der Waals surface area contributed by atoms with E-state index in [1.807, 2.05) is 4.90 Å². The molecule has 11 heavy (non-hydrogen) atoms. The van der Waals surface area contributed by atoms with Crippen molar-refractivity contribution in [3.63, 3.8) is 0 Å². The second kappa shape index (κ2) is 2.48. The Balaban J connectivity index is 2.15. The topological polar surface area (TPSA) is 29.5 Å². The summed E-state index contributed by atoms with van der Waals surface area (Å²) in [6.45, 7) is 3.14. The first-order valence-corrected chi connectivity index (χ1v) is 4.15. The van der Waals surface area contributed by atoms with Crippen LogP contribution in [0.3, 0.4) is 0 Å². The monoisotopic (exact) mass is 155 g/mol. The lowest BCUT2D eigenvalue weighted by Crippen LogP contribution is -2.48. The molecule has 0 N–H and O–H groups in total. The number of hydrogen-bond acceptors (Lipinski definition) is 2. The van der Waals surface area contributed by atoms with Gasteiger partial charge in [0.2, 0.25) is 5.91 Å². The molecule has 0 radical (unpaired) electrons. The van der Waals surface area contributed by atoms with Crippen LogP contribution in [0.5, 0.6) is 0 Å². The van der Waals surface area contributed by atoms with Gasteiger partial charge in [-0.1, -0.05) is 0 Å². The van der Waals surface area contributed by atoms with Crippen LogP contribution in [0.15, 0.2) is 0 Å². The third kappa shape index (κ3) is 1.03. The van der Waals surface area contributed by atoms with Crippen LogP contribution in [-0.2, 0) is 9.53 Å². The van der Waals surface area contributed by atoms with Gasteiger partial charge in [0.15, 0.2) is 0 Å². The molecule has 3 nitrogen and oxygen atoms in total. The fourth-order valence-electron chi connectivity index (χ4n) is 2.14. The van der Waals surface area contributed by atoms with Gasteiger partial charge in [-0.15, -0.1) is 0 Å². The summed E-state index contributed by atoms with van der Waals surface area (Å²) in [4.78, 5) is 13.1. The van der Waals surface area contributed by atoms with Crippen LogP contribution in [0.25, 0.3) is 0 Å². The molecule has 0 saturated carbocycles. The number of nitrogens with zero attached hydrogens (tertiary/aromatic N) is 1. The van der Waals surface area contributed by atoms with E-state index in [1.54, 1.807) is 6.92 Å². The first kappa shape index (κ1) is 7.10. The van der Waals surface area contributed by atoms with Gasteiger partial charge < -0.3 is 9.64 Å². The van der Waals surface area contributed by atoms with E-state index < -0.39 is 0 Å².